The molecule has 2 heterocycles. The zero-order valence-electron chi connectivity index (χ0n) is 21.9. The maximum absolute atomic E-state index is 13.5. The van der Waals surface area contributed by atoms with E-state index in [1.807, 2.05) is 19.1 Å². The van der Waals surface area contributed by atoms with Crippen molar-refractivity contribution in [1.82, 2.24) is 0 Å². The van der Waals surface area contributed by atoms with E-state index in [2.05, 4.69) is 25.9 Å². The lowest BCUT2D eigenvalue weighted by molar-refractivity contribution is 0.0529. The van der Waals surface area contributed by atoms with Gasteiger partial charge in [-0.2, -0.15) is 0 Å². The Morgan fingerprint density at radius 1 is 1.13 bits per heavy atom. The summed E-state index contributed by atoms with van der Waals surface area (Å²) < 4.78 is 27.3. The van der Waals surface area contributed by atoms with E-state index < -0.39 is 6.86 Å². The number of ether oxygens (including phenoxy) is 2. The van der Waals surface area contributed by atoms with Crippen molar-refractivity contribution in [2.75, 3.05) is 71.8 Å². The second kappa shape index (κ2) is 12.0. The number of alkyl halides is 1. The van der Waals surface area contributed by atoms with E-state index in [9.17, 15) is 9.18 Å². The van der Waals surface area contributed by atoms with Gasteiger partial charge >= 0.3 is 0 Å². The summed E-state index contributed by atoms with van der Waals surface area (Å²) in [5.74, 6) is 0.774. The smallest absolute Gasteiger partial charge is 0.255 e. The molecule has 0 bridgehead atoms. The number of nitrogens with zero attached hydrogens (tertiary/aromatic N) is 2. The predicted octanol–water partition coefficient (Wildman–Crippen LogP) is 4.90. The van der Waals surface area contributed by atoms with Gasteiger partial charge in [0.2, 0.25) is 6.86 Å². The molecule has 5 rings (SSSR count). The molecule has 0 radical (unpaired) electrons. The molecule has 1 atom stereocenters. The van der Waals surface area contributed by atoms with Gasteiger partial charge in [0.25, 0.3) is 5.91 Å². The summed E-state index contributed by atoms with van der Waals surface area (Å²) >= 11 is 1.45. The van der Waals surface area contributed by atoms with E-state index in [4.69, 9.17) is 14.6 Å². The van der Waals surface area contributed by atoms with Crippen LogP contribution in [0.4, 0.5) is 27.1 Å². The predicted molar refractivity (Wildman–Crippen MR) is 151 cm³/mol. The molecule has 38 heavy (non-hydrogen) atoms. The van der Waals surface area contributed by atoms with Crippen LogP contribution < -0.4 is 24.6 Å². The number of piperidine rings is 1. The summed E-state index contributed by atoms with van der Waals surface area (Å²) in [6.07, 6.45) is 5.04. The molecule has 2 aromatic carbocycles. The van der Waals surface area contributed by atoms with Crippen LogP contribution in [-0.2, 0) is 4.74 Å². The van der Waals surface area contributed by atoms with Gasteiger partial charge in [0.05, 0.1) is 36.4 Å². The van der Waals surface area contributed by atoms with Gasteiger partial charge in [0.1, 0.15) is 5.75 Å². The van der Waals surface area contributed by atoms with Crippen LogP contribution in [0.3, 0.4) is 0 Å². The third kappa shape index (κ3) is 6.30. The van der Waals surface area contributed by atoms with Crippen LogP contribution >= 0.6 is 11.9 Å². The largest absolute Gasteiger partial charge is 0.461 e. The number of carbonyl (C=O) groups is 1. The Labute approximate surface area is 228 Å². The number of carbonyl (C=O) groups excluding carboxylic acids is 1. The van der Waals surface area contributed by atoms with Gasteiger partial charge in [-0.3, -0.25) is 4.79 Å². The monoisotopic (exact) mass is 544 g/mol. The summed E-state index contributed by atoms with van der Waals surface area (Å²) in [7, 11) is 0. The van der Waals surface area contributed by atoms with Crippen molar-refractivity contribution in [2.24, 2.45) is 5.41 Å². The second-order valence-corrected chi connectivity index (χ2v) is 11.3. The summed E-state index contributed by atoms with van der Waals surface area (Å²) in [5, 5.41) is 12.3. The molecule has 3 N–H and O–H groups in total. The Kier molecular flexibility index (Phi) is 8.50. The summed E-state index contributed by atoms with van der Waals surface area (Å²) in [6, 6.07) is 11.1. The fraction of sp³-hybridized carbons (Fsp3) is 0.536. The minimum atomic E-state index is -0.935. The summed E-state index contributed by atoms with van der Waals surface area (Å²) in [4.78, 5) is 17.9. The molecule has 2 aliphatic heterocycles. The second-order valence-electron chi connectivity index (χ2n) is 10.4. The number of morpholine rings is 1. The van der Waals surface area contributed by atoms with Gasteiger partial charge in [-0.05, 0) is 74.4 Å². The zero-order chi connectivity index (χ0) is 26.5. The molecule has 1 saturated carbocycles. The molecule has 0 unspecified atom stereocenters. The van der Waals surface area contributed by atoms with Gasteiger partial charge in [0, 0.05) is 43.2 Å². The topological polar surface area (TPSA) is 86.3 Å². The van der Waals surface area contributed by atoms with E-state index in [-0.39, 0.29) is 18.6 Å². The van der Waals surface area contributed by atoms with Crippen molar-refractivity contribution in [3.8, 4) is 5.75 Å². The Morgan fingerprint density at radius 2 is 1.95 bits per heavy atom. The number of rotatable bonds is 10. The third-order valence-electron chi connectivity index (χ3n) is 7.76. The number of aliphatic hydroxyl groups excluding tert-OH is 1. The number of hydrogen-bond acceptors (Lipinski definition) is 8. The van der Waals surface area contributed by atoms with Gasteiger partial charge in [-0.15, -0.1) is 0 Å². The molecule has 206 valence electrons. The lowest BCUT2D eigenvalue weighted by Crippen LogP contribution is -2.41. The van der Waals surface area contributed by atoms with Crippen molar-refractivity contribution < 1.29 is 23.8 Å². The van der Waals surface area contributed by atoms with Crippen LogP contribution in [0.15, 0.2) is 36.4 Å². The number of nitrogens with one attached hydrogen (secondary N) is 2. The molecule has 3 aliphatic rings. The van der Waals surface area contributed by atoms with Crippen LogP contribution in [0.1, 0.15) is 43.0 Å². The first-order chi connectivity index (χ1) is 18.5. The average Bonchev–Trinajstić information content (AvgIpc) is 3.69. The normalized spacial score (nSPS) is 20.3. The summed E-state index contributed by atoms with van der Waals surface area (Å²) in [5.41, 5.74) is 4.39. The van der Waals surface area contributed by atoms with Crippen LogP contribution in [0.25, 0.3) is 0 Å². The van der Waals surface area contributed by atoms with E-state index in [0.29, 0.717) is 47.9 Å². The minimum absolute atomic E-state index is 0.0315. The van der Waals surface area contributed by atoms with Crippen molar-refractivity contribution in [3.05, 3.63) is 42.0 Å². The molecule has 0 aromatic heterocycles. The SMILES string of the molecule is C[C@H]1CN(c2cc(C(=O)Nc3ccc(NSCCO)cc3N3CCC4(CC3)CC4)ccc2OCF)CCO1. The standard InChI is InChI=1S/C28H37FN4O4S/c1-20-18-33(12-14-36-20)25-16-21(2-5-26(25)37-19-29)27(35)30-23-4-3-22(31-38-15-13-34)17-24(23)32-10-8-28(6-7-28)9-11-32/h2-5,16-17,20,31,34H,6-15,18-19H2,1H3,(H,30,35)/t20-/m0/s1. The fourth-order valence-corrected chi connectivity index (χ4v) is 5.85. The number of benzene rings is 2. The van der Waals surface area contributed by atoms with Crippen LogP contribution in [0.2, 0.25) is 0 Å². The highest BCUT2D eigenvalue weighted by molar-refractivity contribution is 8.00. The molecule has 3 fully saturated rings. The first-order valence-electron chi connectivity index (χ1n) is 13.4. The van der Waals surface area contributed by atoms with Crippen LogP contribution in [0, 0.1) is 5.41 Å². The summed E-state index contributed by atoms with van der Waals surface area (Å²) in [6.45, 7) is 4.92. The van der Waals surface area contributed by atoms with Gasteiger partial charge < -0.3 is 34.4 Å². The highest BCUT2D eigenvalue weighted by atomic mass is 32.2. The van der Waals surface area contributed by atoms with Gasteiger partial charge in [-0.25, -0.2) is 4.39 Å². The molecule has 1 spiro atoms. The molecular weight excluding hydrogens is 507 g/mol. The lowest BCUT2D eigenvalue weighted by Gasteiger charge is -2.35. The van der Waals surface area contributed by atoms with E-state index >= 15 is 0 Å². The van der Waals surface area contributed by atoms with Crippen molar-refractivity contribution in [3.63, 3.8) is 0 Å². The maximum Gasteiger partial charge on any atom is 0.255 e. The molecule has 2 aromatic rings. The van der Waals surface area contributed by atoms with Crippen LogP contribution in [-0.4, -0.2) is 69.1 Å². The molecular formula is C28H37FN4O4S. The highest BCUT2D eigenvalue weighted by Crippen LogP contribution is 2.54. The molecule has 1 amide bonds. The third-order valence-corrected chi connectivity index (χ3v) is 8.53. The quantitative estimate of drug-likeness (QED) is 0.288. The Balaban J connectivity index is 1.37. The zero-order valence-corrected chi connectivity index (χ0v) is 22.7. The molecule has 1 aliphatic carbocycles. The number of anilines is 4. The number of hydrogen-bond donors (Lipinski definition) is 3. The van der Waals surface area contributed by atoms with Crippen LogP contribution in [0.5, 0.6) is 5.75 Å². The Morgan fingerprint density at radius 3 is 2.66 bits per heavy atom. The molecule has 8 nitrogen and oxygen atoms in total. The number of halogens is 1. The van der Waals surface area contributed by atoms with E-state index in [1.165, 1.54) is 37.6 Å². The maximum atomic E-state index is 13.5. The molecule has 2 saturated heterocycles. The highest BCUT2D eigenvalue weighted by Gasteiger charge is 2.44. The van der Waals surface area contributed by atoms with E-state index in [0.717, 1.165) is 30.2 Å². The first-order valence-corrected chi connectivity index (χ1v) is 14.4. The van der Waals surface area contributed by atoms with Crippen molar-refractivity contribution in [1.29, 1.82) is 0 Å². The Hall–Kier alpha value is -2.69. The average molecular weight is 545 g/mol. The Bertz CT molecular complexity index is 1120. The fourth-order valence-electron chi connectivity index (χ4n) is 5.36. The number of aliphatic hydroxyl groups is 1. The lowest BCUT2D eigenvalue weighted by atomic mass is 9.93. The number of amides is 1. The van der Waals surface area contributed by atoms with Gasteiger partial charge in [-0.1, -0.05) is 11.9 Å². The minimum Gasteiger partial charge on any atom is -0.461 e. The molecule has 10 heteroatoms. The van der Waals surface area contributed by atoms with Gasteiger partial charge in [0.15, 0.2) is 0 Å². The first kappa shape index (κ1) is 26.9. The van der Waals surface area contributed by atoms with Crippen molar-refractivity contribution in [2.45, 2.75) is 38.7 Å². The van der Waals surface area contributed by atoms with Crippen molar-refractivity contribution >= 4 is 40.6 Å². The van der Waals surface area contributed by atoms with E-state index in [1.54, 1.807) is 18.2 Å².